The number of pyridine rings is 1. The molecule has 35 heavy (non-hydrogen) atoms. The van der Waals surface area contributed by atoms with Crippen LogP contribution in [0.5, 0.6) is 0 Å². The van der Waals surface area contributed by atoms with E-state index in [1.165, 1.54) is 11.8 Å². The summed E-state index contributed by atoms with van der Waals surface area (Å²) < 4.78 is 25.9. The highest BCUT2D eigenvalue weighted by atomic mass is 32.2. The van der Waals surface area contributed by atoms with Crippen LogP contribution in [0.1, 0.15) is 23.7 Å². The fraction of sp³-hybridized carbons (Fsp3) is 0.167. The molecule has 10 nitrogen and oxygen atoms in total. The zero-order valence-electron chi connectivity index (χ0n) is 18.8. The normalized spacial score (nSPS) is 17.1. The predicted molar refractivity (Wildman–Crippen MR) is 130 cm³/mol. The topological polar surface area (TPSA) is 154 Å². The largest absolute Gasteiger partial charge is 0.375 e. The zero-order chi connectivity index (χ0) is 25.4. The number of H-pyrrole nitrogens is 1. The number of para-hydroxylation sites is 1. The molecule has 1 atom stereocenters. The summed E-state index contributed by atoms with van der Waals surface area (Å²) in [6, 6.07) is 16.3. The Morgan fingerprint density at radius 3 is 2.37 bits per heavy atom. The highest BCUT2D eigenvalue weighted by molar-refractivity contribution is 7.85. The first kappa shape index (κ1) is 24.2. The van der Waals surface area contributed by atoms with E-state index in [0.29, 0.717) is 40.7 Å². The molecule has 3 N–H and O–H groups in total. The molecule has 0 spiro atoms. The van der Waals surface area contributed by atoms with Crippen molar-refractivity contribution in [2.45, 2.75) is 18.9 Å². The molecule has 1 aliphatic heterocycles. The van der Waals surface area contributed by atoms with Crippen LogP contribution in [-0.2, 0) is 26.9 Å². The van der Waals surface area contributed by atoms with Crippen molar-refractivity contribution in [2.75, 3.05) is 11.2 Å². The average molecular weight is 495 g/mol. The van der Waals surface area contributed by atoms with Crippen LogP contribution in [0, 0.1) is 0 Å². The summed E-state index contributed by atoms with van der Waals surface area (Å²) in [7, 11) is -3.67. The van der Waals surface area contributed by atoms with Crippen LogP contribution in [0.2, 0.25) is 0 Å². The molecule has 1 amide bonds. The molecule has 2 aromatic carbocycles. The third kappa shape index (κ3) is 4.97. The molecule has 0 saturated heterocycles. The van der Waals surface area contributed by atoms with E-state index < -0.39 is 21.6 Å². The number of anilines is 2. The number of rotatable bonds is 3. The minimum absolute atomic E-state index is 0.234. The highest BCUT2D eigenvalue weighted by Gasteiger charge is 2.46. The lowest BCUT2D eigenvalue weighted by atomic mass is 9.98. The number of fused-ring (bicyclic) bond motifs is 2. The van der Waals surface area contributed by atoms with Crippen molar-refractivity contribution in [1.29, 1.82) is 0 Å². The number of carbonyl (C=O) groups excluding carboxylic acids is 1. The maximum atomic E-state index is 13.0. The second-order valence-corrected chi connectivity index (χ2v) is 9.70. The Bertz CT molecular complexity index is 1590. The van der Waals surface area contributed by atoms with Crippen molar-refractivity contribution < 1.29 is 22.9 Å². The lowest BCUT2D eigenvalue weighted by Gasteiger charge is -2.20. The van der Waals surface area contributed by atoms with E-state index in [1.807, 2.05) is 30.3 Å². The number of aliphatic hydroxyl groups is 1. The molecule has 0 radical (unpaired) electrons. The number of benzene rings is 2. The molecule has 180 valence electrons. The van der Waals surface area contributed by atoms with Gasteiger partial charge in [0.1, 0.15) is 0 Å². The molecule has 3 heterocycles. The van der Waals surface area contributed by atoms with E-state index in [4.69, 9.17) is 4.55 Å². The predicted octanol–water partition coefficient (Wildman–Crippen LogP) is 2.30. The number of amides is 1. The summed E-state index contributed by atoms with van der Waals surface area (Å²) in [6.45, 7) is 1.50. The van der Waals surface area contributed by atoms with Gasteiger partial charge in [0.05, 0.1) is 34.9 Å². The summed E-state index contributed by atoms with van der Waals surface area (Å²) in [6.07, 6.45) is 4.44. The van der Waals surface area contributed by atoms with Gasteiger partial charge < -0.3 is 5.11 Å². The first-order valence-corrected chi connectivity index (χ1v) is 12.3. The summed E-state index contributed by atoms with van der Waals surface area (Å²) in [5, 5.41) is 18.8. The Balaban J connectivity index is 0.000000527. The van der Waals surface area contributed by atoms with Gasteiger partial charge in [-0.15, -0.1) is 0 Å². The molecular weight excluding hydrogens is 472 g/mol. The van der Waals surface area contributed by atoms with Crippen molar-refractivity contribution in [1.82, 2.24) is 15.2 Å². The first-order chi connectivity index (χ1) is 16.5. The molecule has 1 unspecified atom stereocenters. The van der Waals surface area contributed by atoms with Crippen LogP contribution in [0.15, 0.2) is 71.8 Å². The van der Waals surface area contributed by atoms with E-state index in [1.54, 1.807) is 36.7 Å². The molecule has 5 rings (SSSR count). The number of hydrogen-bond acceptors (Lipinski definition) is 7. The Kier molecular flexibility index (Phi) is 6.24. The van der Waals surface area contributed by atoms with E-state index in [9.17, 15) is 23.1 Å². The van der Waals surface area contributed by atoms with Gasteiger partial charge in [-0.3, -0.25) is 24.0 Å². The summed E-state index contributed by atoms with van der Waals surface area (Å²) in [5.74, 6) is -0.421. The summed E-state index contributed by atoms with van der Waals surface area (Å²) >= 11 is 0. The molecule has 4 aromatic rings. The van der Waals surface area contributed by atoms with Gasteiger partial charge in [0.25, 0.3) is 21.6 Å². The number of hydrogen-bond donors (Lipinski definition) is 3. The van der Waals surface area contributed by atoms with Crippen LogP contribution in [0.4, 0.5) is 11.4 Å². The van der Waals surface area contributed by atoms with Crippen molar-refractivity contribution in [3.05, 3.63) is 94.2 Å². The molecule has 0 saturated carbocycles. The van der Waals surface area contributed by atoms with Gasteiger partial charge in [0.2, 0.25) is 0 Å². The number of aromatic nitrogens is 3. The van der Waals surface area contributed by atoms with Crippen molar-refractivity contribution >= 4 is 38.2 Å². The van der Waals surface area contributed by atoms with E-state index >= 15 is 0 Å². The number of nitrogens with one attached hydrogen (secondary N) is 1. The van der Waals surface area contributed by atoms with Crippen molar-refractivity contribution in [3.8, 4) is 0 Å². The molecule has 0 aliphatic carbocycles. The monoisotopic (exact) mass is 494 g/mol. The minimum Gasteiger partial charge on any atom is -0.375 e. The Morgan fingerprint density at radius 1 is 1.03 bits per heavy atom. The summed E-state index contributed by atoms with van der Waals surface area (Å²) in [4.78, 5) is 30.8. The first-order valence-electron chi connectivity index (χ1n) is 10.5. The van der Waals surface area contributed by atoms with Gasteiger partial charge in [-0.2, -0.15) is 13.5 Å². The number of nitrogens with zero attached hydrogens (tertiary/aromatic N) is 3. The van der Waals surface area contributed by atoms with E-state index in [2.05, 4.69) is 15.2 Å². The van der Waals surface area contributed by atoms with Crippen molar-refractivity contribution in [2.24, 2.45) is 0 Å². The third-order valence-electron chi connectivity index (χ3n) is 5.47. The van der Waals surface area contributed by atoms with Crippen LogP contribution in [0.3, 0.4) is 0 Å². The fourth-order valence-electron chi connectivity index (χ4n) is 3.97. The minimum atomic E-state index is -3.67. The van der Waals surface area contributed by atoms with Crippen LogP contribution < -0.4 is 10.5 Å². The SMILES string of the molecule is CC1(O)C(=O)N(c2cncc(Cc3n[nH]c(=O)c4ccccc34)c2)c2ccccc21.CS(=O)(=O)O. The maximum Gasteiger partial charge on any atom is 0.272 e. The fourth-order valence-corrected chi connectivity index (χ4v) is 3.97. The Morgan fingerprint density at radius 2 is 1.66 bits per heavy atom. The molecule has 0 bridgehead atoms. The third-order valence-corrected chi connectivity index (χ3v) is 5.47. The number of aromatic amines is 1. The van der Waals surface area contributed by atoms with E-state index in [-0.39, 0.29) is 5.56 Å². The molecule has 2 aromatic heterocycles. The van der Waals surface area contributed by atoms with E-state index in [0.717, 1.165) is 10.9 Å². The van der Waals surface area contributed by atoms with Gasteiger partial charge in [0.15, 0.2) is 5.60 Å². The van der Waals surface area contributed by atoms with Gasteiger partial charge in [0, 0.05) is 23.6 Å². The Labute approximate surface area is 200 Å². The summed E-state index contributed by atoms with van der Waals surface area (Å²) in [5.41, 5.74) is 1.48. The van der Waals surface area contributed by atoms with Gasteiger partial charge in [-0.25, -0.2) is 5.10 Å². The molecule has 0 fully saturated rings. The lowest BCUT2D eigenvalue weighted by Crippen LogP contribution is -2.35. The number of carbonyl (C=O) groups is 1. The molecular formula is C24H22N4O6S. The lowest BCUT2D eigenvalue weighted by molar-refractivity contribution is -0.133. The Hall–Kier alpha value is -3.93. The van der Waals surface area contributed by atoms with Crippen molar-refractivity contribution in [3.63, 3.8) is 0 Å². The quantitative estimate of drug-likeness (QED) is 0.367. The second kappa shape index (κ2) is 9.02. The average Bonchev–Trinajstić information content (AvgIpc) is 3.01. The molecule has 11 heteroatoms. The highest BCUT2D eigenvalue weighted by Crippen LogP contribution is 2.43. The van der Waals surface area contributed by atoms with Crippen LogP contribution in [0.25, 0.3) is 10.8 Å². The van der Waals surface area contributed by atoms with Crippen LogP contribution in [-0.4, -0.2) is 45.4 Å². The standard InChI is InChI=1S/C23H18N4O3.CH4O3S/c1-23(30)18-8-4-5-9-20(18)27(22(23)29)15-10-14(12-24-13-15)11-19-16-6-2-3-7-17(16)21(28)26-25-19;1-5(2,3)4/h2-10,12-13,30H,11H2,1H3,(H,26,28);1H3,(H,2,3,4). The second-order valence-electron chi connectivity index (χ2n) is 8.24. The van der Waals surface area contributed by atoms with Gasteiger partial charge in [-0.1, -0.05) is 36.4 Å². The van der Waals surface area contributed by atoms with Gasteiger partial charge >= 0.3 is 0 Å². The van der Waals surface area contributed by atoms with Gasteiger partial charge in [-0.05, 0) is 30.7 Å². The smallest absolute Gasteiger partial charge is 0.272 e. The van der Waals surface area contributed by atoms with Crippen LogP contribution >= 0.6 is 0 Å². The maximum absolute atomic E-state index is 13.0. The zero-order valence-corrected chi connectivity index (χ0v) is 19.7. The molecule has 1 aliphatic rings.